The van der Waals surface area contributed by atoms with Gasteiger partial charge in [-0.2, -0.15) is 23.5 Å². The van der Waals surface area contributed by atoms with Crippen LogP contribution in [0.15, 0.2) is 36.5 Å². The van der Waals surface area contributed by atoms with Gasteiger partial charge in [0.15, 0.2) is 0 Å². The highest BCUT2D eigenvalue weighted by molar-refractivity contribution is 5.76. The number of carboxylic acids is 1. The van der Waals surface area contributed by atoms with E-state index in [9.17, 15) is 23.2 Å². The first-order valence-corrected chi connectivity index (χ1v) is 8.89. The smallest absolute Gasteiger partial charge is 0.475 e. The van der Waals surface area contributed by atoms with Gasteiger partial charge in [-0.25, -0.2) is 4.79 Å². The summed E-state index contributed by atoms with van der Waals surface area (Å²) in [7, 11) is 1.65. The predicted octanol–water partition coefficient (Wildman–Crippen LogP) is 2.08. The fourth-order valence-electron chi connectivity index (χ4n) is 3.06. The molecule has 1 unspecified atom stereocenters. The van der Waals surface area contributed by atoms with Gasteiger partial charge >= 0.3 is 12.1 Å². The highest BCUT2D eigenvalue weighted by Crippen LogP contribution is 2.25. The molecule has 0 bridgehead atoms. The zero-order valence-corrected chi connectivity index (χ0v) is 16.1. The molecule has 1 aliphatic heterocycles. The average molecular weight is 423 g/mol. The number of nitrogens with one attached hydrogen (secondary N) is 1. The Hall–Kier alpha value is -3.39. The summed E-state index contributed by atoms with van der Waals surface area (Å²) in [4.78, 5) is 22.9. The number of aliphatic carboxylic acids is 1. The Morgan fingerprint density at radius 3 is 2.60 bits per heavy atom. The number of halogens is 3. The molecule has 0 aliphatic carbocycles. The Balaban J connectivity index is 0.000000396. The van der Waals surface area contributed by atoms with Crippen LogP contribution >= 0.6 is 0 Å². The molecule has 3 rings (SSSR count). The summed E-state index contributed by atoms with van der Waals surface area (Å²) in [6.07, 6.45) is -2.90. The van der Waals surface area contributed by atoms with Crippen molar-refractivity contribution in [2.24, 2.45) is 0 Å². The molecule has 1 amide bonds. The van der Waals surface area contributed by atoms with E-state index in [1.165, 1.54) is 0 Å². The van der Waals surface area contributed by atoms with Crippen LogP contribution in [0.3, 0.4) is 0 Å². The van der Waals surface area contributed by atoms with Crippen molar-refractivity contribution >= 4 is 11.9 Å². The Morgan fingerprint density at radius 2 is 2.00 bits per heavy atom. The van der Waals surface area contributed by atoms with Crippen molar-refractivity contribution in [1.82, 2.24) is 20.0 Å². The van der Waals surface area contributed by atoms with Crippen LogP contribution in [0.4, 0.5) is 13.2 Å². The molecule has 1 aromatic heterocycles. The number of nitriles is 1. The van der Waals surface area contributed by atoms with E-state index in [1.54, 1.807) is 13.2 Å². The van der Waals surface area contributed by atoms with Crippen LogP contribution in [0.25, 0.3) is 0 Å². The number of carbonyl (C=O) groups is 2. The van der Waals surface area contributed by atoms with Gasteiger partial charge in [-0.1, -0.05) is 18.2 Å². The molecule has 0 spiro atoms. The lowest BCUT2D eigenvalue weighted by Gasteiger charge is -2.33. The van der Waals surface area contributed by atoms with E-state index in [-0.39, 0.29) is 11.9 Å². The van der Waals surface area contributed by atoms with Crippen molar-refractivity contribution in [3.05, 3.63) is 53.3 Å². The zero-order valence-electron chi connectivity index (χ0n) is 16.1. The molecule has 0 fully saturated rings. The third-order valence-electron chi connectivity index (χ3n) is 4.43. The maximum Gasteiger partial charge on any atom is 0.490 e. The molecule has 1 aliphatic rings. The Labute approximate surface area is 170 Å². The zero-order chi connectivity index (χ0) is 22.3. The molecule has 2 N–H and O–H groups in total. The second kappa shape index (κ2) is 9.89. The summed E-state index contributed by atoms with van der Waals surface area (Å²) in [5.74, 6) is -2.75. The first kappa shape index (κ1) is 22.9. The van der Waals surface area contributed by atoms with Gasteiger partial charge in [0.2, 0.25) is 5.91 Å². The monoisotopic (exact) mass is 423 g/mol. The van der Waals surface area contributed by atoms with Gasteiger partial charge in [-0.05, 0) is 17.7 Å². The van der Waals surface area contributed by atoms with Crippen LogP contribution in [0.1, 0.15) is 29.3 Å². The SMILES string of the molecule is CNC(=O)CC1CN(Cc2ccccc2C#N)Cc2ccnn21.O=C(O)C(F)(F)F. The van der Waals surface area contributed by atoms with Gasteiger partial charge in [0, 0.05) is 32.9 Å². The highest BCUT2D eigenvalue weighted by atomic mass is 19.4. The molecule has 2 heterocycles. The predicted molar refractivity (Wildman–Crippen MR) is 98.9 cm³/mol. The average Bonchev–Trinajstić information content (AvgIpc) is 3.17. The first-order valence-electron chi connectivity index (χ1n) is 8.89. The second-order valence-electron chi connectivity index (χ2n) is 6.54. The lowest BCUT2D eigenvalue weighted by atomic mass is 10.1. The maximum atomic E-state index is 11.8. The van der Waals surface area contributed by atoms with Crippen molar-refractivity contribution in [2.75, 3.05) is 13.6 Å². The fourth-order valence-corrected chi connectivity index (χ4v) is 3.06. The van der Waals surface area contributed by atoms with Gasteiger partial charge in [-0.3, -0.25) is 14.4 Å². The number of amides is 1. The highest BCUT2D eigenvalue weighted by Gasteiger charge is 2.38. The van der Waals surface area contributed by atoms with Crippen molar-refractivity contribution < 1.29 is 27.9 Å². The summed E-state index contributed by atoms with van der Waals surface area (Å²) in [6, 6.07) is 11.9. The number of rotatable bonds is 4. The van der Waals surface area contributed by atoms with Crippen LogP contribution in [0.5, 0.6) is 0 Å². The van der Waals surface area contributed by atoms with E-state index in [0.29, 0.717) is 18.5 Å². The topological polar surface area (TPSA) is 111 Å². The van der Waals surface area contributed by atoms with Crippen LogP contribution in [-0.2, 0) is 22.7 Å². The minimum atomic E-state index is -5.08. The lowest BCUT2D eigenvalue weighted by molar-refractivity contribution is -0.192. The summed E-state index contributed by atoms with van der Waals surface area (Å²) < 4.78 is 33.7. The molecule has 160 valence electrons. The molecule has 8 nitrogen and oxygen atoms in total. The Bertz CT molecular complexity index is 936. The fraction of sp³-hybridized carbons (Fsp3) is 0.368. The van der Waals surface area contributed by atoms with E-state index >= 15 is 0 Å². The van der Waals surface area contributed by atoms with E-state index in [1.807, 2.05) is 35.0 Å². The van der Waals surface area contributed by atoms with Crippen LogP contribution in [0, 0.1) is 11.3 Å². The van der Waals surface area contributed by atoms with E-state index in [0.717, 1.165) is 24.3 Å². The molecule has 0 radical (unpaired) electrons. The quantitative estimate of drug-likeness (QED) is 0.779. The summed E-state index contributed by atoms with van der Waals surface area (Å²) >= 11 is 0. The second-order valence-corrected chi connectivity index (χ2v) is 6.54. The number of nitrogens with zero attached hydrogens (tertiary/aromatic N) is 4. The summed E-state index contributed by atoms with van der Waals surface area (Å²) in [6.45, 7) is 2.20. The van der Waals surface area contributed by atoms with Crippen molar-refractivity contribution in [3.8, 4) is 6.07 Å². The molecule has 0 saturated heterocycles. The van der Waals surface area contributed by atoms with Crippen LogP contribution in [0.2, 0.25) is 0 Å². The number of carboxylic acid groups (broad SMARTS) is 1. The Kier molecular flexibility index (Phi) is 7.54. The van der Waals surface area contributed by atoms with Crippen molar-refractivity contribution in [3.63, 3.8) is 0 Å². The number of alkyl halides is 3. The third-order valence-corrected chi connectivity index (χ3v) is 4.43. The molecular weight excluding hydrogens is 403 g/mol. The van der Waals surface area contributed by atoms with Gasteiger partial charge in [0.05, 0.1) is 29.8 Å². The van der Waals surface area contributed by atoms with Gasteiger partial charge < -0.3 is 10.4 Å². The van der Waals surface area contributed by atoms with Crippen molar-refractivity contribution in [2.45, 2.75) is 31.7 Å². The molecule has 1 aromatic carbocycles. The molecule has 2 aromatic rings. The van der Waals surface area contributed by atoms with Gasteiger partial charge in [0.25, 0.3) is 0 Å². The van der Waals surface area contributed by atoms with Crippen molar-refractivity contribution in [1.29, 1.82) is 5.26 Å². The normalized spacial score (nSPS) is 15.9. The lowest BCUT2D eigenvalue weighted by Crippen LogP contribution is -2.39. The molecule has 30 heavy (non-hydrogen) atoms. The number of hydrogen-bond acceptors (Lipinski definition) is 5. The van der Waals surface area contributed by atoms with E-state index in [2.05, 4.69) is 21.4 Å². The Morgan fingerprint density at radius 1 is 1.33 bits per heavy atom. The van der Waals surface area contributed by atoms with Gasteiger partial charge in [0.1, 0.15) is 0 Å². The number of aromatic nitrogens is 2. The summed E-state index contributed by atoms with van der Waals surface area (Å²) in [5.41, 5.74) is 2.82. The molecule has 11 heteroatoms. The maximum absolute atomic E-state index is 11.8. The standard InChI is InChI=1S/C17H19N5O.C2HF3O2/c1-19-17(23)8-16-12-21(11-15-6-7-20-22(15)16)10-14-5-3-2-4-13(14)9-18;3-2(4,5)1(6)7/h2-7,16H,8,10-12H2,1H3,(H,19,23);(H,6,7). The largest absolute Gasteiger partial charge is 0.490 e. The minimum absolute atomic E-state index is 0.00993. The molecular formula is C19H20F3N5O3. The van der Waals surface area contributed by atoms with Crippen LogP contribution < -0.4 is 5.32 Å². The van der Waals surface area contributed by atoms with Gasteiger partial charge in [-0.15, -0.1) is 0 Å². The molecule has 1 atom stereocenters. The third kappa shape index (κ3) is 6.05. The number of hydrogen-bond donors (Lipinski definition) is 2. The first-order chi connectivity index (χ1) is 14.2. The minimum Gasteiger partial charge on any atom is -0.475 e. The number of fused-ring (bicyclic) bond motifs is 1. The van der Waals surface area contributed by atoms with E-state index < -0.39 is 12.1 Å². The summed E-state index contributed by atoms with van der Waals surface area (Å²) in [5, 5.41) is 23.4. The number of benzene rings is 1. The number of carbonyl (C=O) groups excluding carboxylic acids is 1. The van der Waals surface area contributed by atoms with E-state index in [4.69, 9.17) is 9.90 Å². The van der Waals surface area contributed by atoms with Crippen LogP contribution in [-0.4, -0.2) is 51.4 Å². The molecule has 0 saturated carbocycles.